The van der Waals surface area contributed by atoms with Gasteiger partial charge in [0.1, 0.15) is 18.2 Å². The highest BCUT2D eigenvalue weighted by molar-refractivity contribution is 5.83. The van der Waals surface area contributed by atoms with E-state index < -0.39 is 0 Å². The first-order valence-electron chi connectivity index (χ1n) is 10.7. The van der Waals surface area contributed by atoms with Crippen molar-refractivity contribution < 1.29 is 14.0 Å². The number of aromatic nitrogens is 2. The maximum atomic E-state index is 13.2. The van der Waals surface area contributed by atoms with Crippen LogP contribution in [0.4, 0.5) is 4.39 Å². The zero-order valence-corrected chi connectivity index (χ0v) is 17.9. The maximum Gasteiger partial charge on any atom is 0.242 e. The summed E-state index contributed by atoms with van der Waals surface area (Å²) in [6, 6.07) is 14.0. The van der Waals surface area contributed by atoms with Crippen LogP contribution in [0.5, 0.6) is 0 Å². The van der Waals surface area contributed by atoms with Gasteiger partial charge >= 0.3 is 0 Å². The van der Waals surface area contributed by atoms with E-state index in [4.69, 9.17) is 4.98 Å². The van der Waals surface area contributed by atoms with Gasteiger partial charge in [-0.3, -0.25) is 9.59 Å². The molecular formula is C24H27FN4O2. The van der Waals surface area contributed by atoms with E-state index in [9.17, 15) is 14.0 Å². The number of likely N-dealkylation sites (N-methyl/N-ethyl adjacent to an activating group) is 1. The number of benzene rings is 2. The fourth-order valence-electron chi connectivity index (χ4n) is 4.29. The van der Waals surface area contributed by atoms with E-state index in [0.717, 1.165) is 22.4 Å². The molecule has 6 nitrogen and oxygen atoms in total. The summed E-state index contributed by atoms with van der Waals surface area (Å²) < 4.78 is 15.2. The molecule has 2 aromatic carbocycles. The number of imidazole rings is 1. The Morgan fingerprint density at radius 3 is 2.55 bits per heavy atom. The van der Waals surface area contributed by atoms with E-state index in [1.165, 1.54) is 12.1 Å². The van der Waals surface area contributed by atoms with Crippen molar-refractivity contribution in [3.05, 3.63) is 65.7 Å². The summed E-state index contributed by atoms with van der Waals surface area (Å²) in [5.41, 5.74) is 2.62. The number of hydrogen-bond acceptors (Lipinski definition) is 3. The fraction of sp³-hybridized carbons (Fsp3) is 0.375. The lowest BCUT2D eigenvalue weighted by Crippen LogP contribution is -2.34. The van der Waals surface area contributed by atoms with Crippen molar-refractivity contribution in [1.29, 1.82) is 0 Å². The standard InChI is InChI=1S/C24H27FN4O2/c1-3-27(4-2)23(31)16-29-21-8-6-5-7-20(21)26-24(29)18-13-22(30)28(15-18)14-17-9-11-19(25)12-10-17/h5-12,18H,3-4,13-16H2,1-2H3. The molecule has 1 unspecified atom stereocenters. The molecule has 0 bridgehead atoms. The van der Waals surface area contributed by atoms with Gasteiger partial charge in [-0.05, 0) is 43.7 Å². The molecule has 1 aliphatic heterocycles. The molecule has 3 aromatic rings. The third-order valence-corrected chi connectivity index (χ3v) is 5.96. The van der Waals surface area contributed by atoms with E-state index in [2.05, 4.69) is 0 Å². The lowest BCUT2D eigenvalue weighted by atomic mass is 10.1. The average Bonchev–Trinajstić information content (AvgIpc) is 3.31. The number of nitrogens with zero attached hydrogens (tertiary/aromatic N) is 4. The first-order chi connectivity index (χ1) is 15.0. The largest absolute Gasteiger partial charge is 0.342 e. The van der Waals surface area contributed by atoms with Crippen molar-refractivity contribution in [2.45, 2.75) is 39.3 Å². The number of carbonyl (C=O) groups is 2. The van der Waals surface area contributed by atoms with E-state index >= 15 is 0 Å². The van der Waals surface area contributed by atoms with Crippen LogP contribution < -0.4 is 0 Å². The number of fused-ring (bicyclic) bond motifs is 1. The predicted molar refractivity (Wildman–Crippen MR) is 117 cm³/mol. The Labute approximate surface area is 181 Å². The van der Waals surface area contributed by atoms with Crippen LogP contribution in [0.15, 0.2) is 48.5 Å². The van der Waals surface area contributed by atoms with Gasteiger partial charge in [-0.2, -0.15) is 0 Å². The second-order valence-corrected chi connectivity index (χ2v) is 7.91. The molecule has 7 heteroatoms. The van der Waals surface area contributed by atoms with E-state index in [1.54, 1.807) is 21.9 Å². The molecule has 0 N–H and O–H groups in total. The smallest absolute Gasteiger partial charge is 0.242 e. The van der Waals surface area contributed by atoms with Gasteiger partial charge in [0.25, 0.3) is 0 Å². The maximum absolute atomic E-state index is 13.2. The van der Waals surface area contributed by atoms with Crippen LogP contribution in [-0.4, -0.2) is 50.8 Å². The Balaban J connectivity index is 1.60. The first kappa shape index (κ1) is 21.0. The van der Waals surface area contributed by atoms with Crippen molar-refractivity contribution in [2.75, 3.05) is 19.6 Å². The van der Waals surface area contributed by atoms with Gasteiger partial charge in [0.05, 0.1) is 11.0 Å². The van der Waals surface area contributed by atoms with Crippen LogP contribution in [0.25, 0.3) is 11.0 Å². The molecule has 0 radical (unpaired) electrons. The minimum absolute atomic E-state index is 0.0434. The van der Waals surface area contributed by atoms with Gasteiger partial charge in [0, 0.05) is 38.5 Å². The number of likely N-dealkylation sites (tertiary alicyclic amines) is 1. The third kappa shape index (κ3) is 4.31. The number of rotatable bonds is 7. The van der Waals surface area contributed by atoms with Gasteiger partial charge in [0.2, 0.25) is 11.8 Å². The minimum Gasteiger partial charge on any atom is -0.342 e. The Bertz CT molecular complexity index is 1090. The monoisotopic (exact) mass is 422 g/mol. The van der Waals surface area contributed by atoms with Crippen molar-refractivity contribution in [3.63, 3.8) is 0 Å². The van der Waals surface area contributed by atoms with Crippen molar-refractivity contribution in [2.24, 2.45) is 0 Å². The van der Waals surface area contributed by atoms with Crippen LogP contribution >= 0.6 is 0 Å². The second kappa shape index (κ2) is 8.88. The summed E-state index contributed by atoms with van der Waals surface area (Å²) in [7, 11) is 0. The summed E-state index contributed by atoms with van der Waals surface area (Å²) in [5.74, 6) is 0.479. The lowest BCUT2D eigenvalue weighted by molar-refractivity contribution is -0.131. The van der Waals surface area contributed by atoms with Gasteiger partial charge in [0.15, 0.2) is 0 Å². The van der Waals surface area contributed by atoms with E-state index in [0.29, 0.717) is 32.6 Å². The zero-order chi connectivity index (χ0) is 22.0. The Kier molecular flexibility index (Phi) is 6.02. The number of carbonyl (C=O) groups excluding carboxylic acids is 2. The normalized spacial score (nSPS) is 16.3. The van der Waals surface area contributed by atoms with Crippen LogP contribution in [0.3, 0.4) is 0 Å². The molecule has 1 aliphatic rings. The van der Waals surface area contributed by atoms with E-state index in [1.807, 2.05) is 42.7 Å². The van der Waals surface area contributed by atoms with Crippen LogP contribution in [0, 0.1) is 5.82 Å². The molecule has 162 valence electrons. The van der Waals surface area contributed by atoms with Gasteiger partial charge < -0.3 is 14.4 Å². The van der Waals surface area contributed by atoms with Crippen LogP contribution in [0.1, 0.15) is 37.6 Å². The summed E-state index contributed by atoms with van der Waals surface area (Å²) >= 11 is 0. The molecule has 1 fully saturated rings. The number of hydrogen-bond donors (Lipinski definition) is 0. The molecule has 1 saturated heterocycles. The van der Waals surface area contributed by atoms with Crippen LogP contribution in [0.2, 0.25) is 0 Å². The molecular weight excluding hydrogens is 395 g/mol. The highest BCUT2D eigenvalue weighted by atomic mass is 19.1. The Hall–Kier alpha value is -3.22. The third-order valence-electron chi connectivity index (χ3n) is 5.96. The SMILES string of the molecule is CCN(CC)C(=O)Cn1c(C2CC(=O)N(Cc3ccc(F)cc3)C2)nc2ccccc21. The summed E-state index contributed by atoms with van der Waals surface area (Å²) in [6.07, 6.45) is 0.351. The summed E-state index contributed by atoms with van der Waals surface area (Å²) in [5, 5.41) is 0. The molecule has 0 spiro atoms. The fourth-order valence-corrected chi connectivity index (χ4v) is 4.29. The van der Waals surface area contributed by atoms with Gasteiger partial charge in [-0.15, -0.1) is 0 Å². The van der Waals surface area contributed by atoms with Gasteiger partial charge in [-0.25, -0.2) is 9.37 Å². The molecule has 0 aliphatic carbocycles. The molecule has 1 aromatic heterocycles. The minimum atomic E-state index is -0.291. The molecule has 1 atom stereocenters. The molecule has 0 saturated carbocycles. The molecule has 31 heavy (non-hydrogen) atoms. The summed E-state index contributed by atoms with van der Waals surface area (Å²) in [6.45, 7) is 6.43. The first-order valence-corrected chi connectivity index (χ1v) is 10.7. The summed E-state index contributed by atoms with van der Waals surface area (Å²) in [4.78, 5) is 34.0. The number of amides is 2. The van der Waals surface area contributed by atoms with E-state index in [-0.39, 0.29) is 30.1 Å². The Morgan fingerprint density at radius 2 is 1.84 bits per heavy atom. The lowest BCUT2D eigenvalue weighted by Gasteiger charge is -2.21. The topological polar surface area (TPSA) is 58.4 Å². The van der Waals surface area contributed by atoms with Crippen molar-refractivity contribution in [1.82, 2.24) is 19.4 Å². The number of halogens is 1. The zero-order valence-electron chi connectivity index (χ0n) is 17.9. The highest BCUT2D eigenvalue weighted by Gasteiger charge is 2.34. The van der Waals surface area contributed by atoms with Gasteiger partial charge in [-0.1, -0.05) is 24.3 Å². The predicted octanol–water partition coefficient (Wildman–Crippen LogP) is 3.56. The van der Waals surface area contributed by atoms with Crippen LogP contribution in [-0.2, 0) is 22.7 Å². The number of para-hydroxylation sites is 2. The second-order valence-electron chi connectivity index (χ2n) is 7.91. The highest BCUT2D eigenvalue weighted by Crippen LogP contribution is 2.31. The quantitative estimate of drug-likeness (QED) is 0.585. The Morgan fingerprint density at radius 1 is 1.13 bits per heavy atom. The average molecular weight is 423 g/mol. The van der Waals surface area contributed by atoms with Crippen molar-refractivity contribution >= 4 is 22.8 Å². The van der Waals surface area contributed by atoms with Crippen molar-refractivity contribution in [3.8, 4) is 0 Å². The molecule has 2 amide bonds. The molecule has 2 heterocycles. The molecule has 4 rings (SSSR count).